The Morgan fingerprint density at radius 2 is 1.61 bits per heavy atom. The van der Waals surface area contributed by atoms with Crippen LogP contribution in [0.5, 0.6) is 0 Å². The minimum Gasteiger partial charge on any atom is -0.416 e. The van der Waals surface area contributed by atoms with E-state index in [9.17, 15) is 0 Å². The number of likely N-dealkylation sites (N-methyl/N-ethyl adjacent to an activating group) is 1. The Kier molecular flexibility index (Phi) is 6.80. The van der Waals surface area contributed by atoms with Crippen molar-refractivity contribution in [2.24, 2.45) is 0 Å². The van der Waals surface area contributed by atoms with Crippen LogP contribution in [0.15, 0.2) is 0 Å². The van der Waals surface area contributed by atoms with E-state index in [1.54, 1.807) is 0 Å². The van der Waals surface area contributed by atoms with Crippen LogP contribution in [-0.4, -0.2) is 89.2 Å². The normalized spacial score (nSPS) is 19.7. The van der Waals surface area contributed by atoms with Crippen molar-refractivity contribution >= 4 is 8.32 Å². The van der Waals surface area contributed by atoms with Crippen LogP contribution in [0.3, 0.4) is 0 Å². The Hall–Kier alpha value is 0.0569. The van der Waals surface area contributed by atoms with E-state index in [4.69, 9.17) is 4.43 Å². The average molecular weight is 273 g/mol. The molecule has 1 rings (SSSR count). The van der Waals surface area contributed by atoms with E-state index < -0.39 is 8.32 Å². The summed E-state index contributed by atoms with van der Waals surface area (Å²) in [4.78, 5) is 7.43. The van der Waals surface area contributed by atoms with Crippen LogP contribution < -0.4 is 0 Å². The lowest BCUT2D eigenvalue weighted by molar-refractivity contribution is 0.133. The highest BCUT2D eigenvalue weighted by Crippen LogP contribution is 2.10. The third kappa shape index (κ3) is 6.29. The lowest BCUT2D eigenvalue weighted by atomic mass is 10.3. The fourth-order valence-corrected chi connectivity index (χ4v) is 4.75. The summed E-state index contributed by atoms with van der Waals surface area (Å²) in [6, 6.07) is 0. The first-order chi connectivity index (χ1) is 8.43. The SMILES string of the molecule is CCO[Si](C)(C)CN1CCN(CCN(C)C)CC1. The zero-order valence-corrected chi connectivity index (χ0v) is 13.9. The molecule has 4 nitrogen and oxygen atoms in total. The van der Waals surface area contributed by atoms with Crippen LogP contribution >= 0.6 is 0 Å². The molecule has 1 aliphatic rings. The second kappa shape index (κ2) is 7.60. The lowest BCUT2D eigenvalue weighted by Crippen LogP contribution is -2.53. The summed E-state index contributed by atoms with van der Waals surface area (Å²) >= 11 is 0. The molecule has 0 radical (unpaired) electrons. The lowest BCUT2D eigenvalue weighted by Gasteiger charge is -2.38. The molecule has 5 heteroatoms. The van der Waals surface area contributed by atoms with Gasteiger partial charge in [0.25, 0.3) is 0 Å². The molecule has 108 valence electrons. The molecule has 1 aliphatic heterocycles. The molecule has 0 amide bonds. The van der Waals surface area contributed by atoms with Crippen LogP contribution in [0.25, 0.3) is 0 Å². The molecule has 0 N–H and O–H groups in total. The predicted octanol–water partition coefficient (Wildman–Crippen LogP) is 0.946. The van der Waals surface area contributed by atoms with Gasteiger partial charge in [0.05, 0.1) is 0 Å². The Balaban J connectivity index is 2.22. The van der Waals surface area contributed by atoms with Crippen LogP contribution in [0.4, 0.5) is 0 Å². The number of nitrogens with zero attached hydrogens (tertiary/aromatic N) is 3. The van der Waals surface area contributed by atoms with Crippen LogP contribution in [0.2, 0.25) is 13.1 Å². The van der Waals surface area contributed by atoms with Crippen molar-refractivity contribution in [2.75, 3.05) is 66.1 Å². The van der Waals surface area contributed by atoms with Gasteiger partial charge in [-0.25, -0.2) is 0 Å². The van der Waals surface area contributed by atoms with Crippen LogP contribution in [0.1, 0.15) is 6.92 Å². The first-order valence-electron chi connectivity index (χ1n) is 7.16. The zero-order chi connectivity index (χ0) is 13.6. The van der Waals surface area contributed by atoms with E-state index >= 15 is 0 Å². The summed E-state index contributed by atoms with van der Waals surface area (Å²) in [5.74, 6) is 0. The fourth-order valence-electron chi connectivity index (χ4n) is 2.49. The van der Waals surface area contributed by atoms with E-state index in [0.717, 1.165) is 6.61 Å². The van der Waals surface area contributed by atoms with Gasteiger partial charge >= 0.3 is 0 Å². The van der Waals surface area contributed by atoms with E-state index in [0.29, 0.717) is 0 Å². The van der Waals surface area contributed by atoms with Gasteiger partial charge in [-0.1, -0.05) is 0 Å². The molecule has 1 fully saturated rings. The smallest absolute Gasteiger partial charge is 0.200 e. The standard InChI is InChI=1S/C13H31N3OSi/c1-6-17-18(4,5)13-16-11-9-15(10-12-16)8-7-14(2)3/h6-13H2,1-5H3. The van der Waals surface area contributed by atoms with Gasteiger partial charge in [0, 0.05) is 52.0 Å². The second-order valence-electron chi connectivity index (χ2n) is 6.11. The highest BCUT2D eigenvalue weighted by Gasteiger charge is 2.27. The number of hydrogen-bond donors (Lipinski definition) is 0. The minimum atomic E-state index is -1.45. The van der Waals surface area contributed by atoms with Gasteiger partial charge in [-0.3, -0.25) is 4.90 Å². The molecule has 0 aromatic rings. The van der Waals surface area contributed by atoms with Gasteiger partial charge in [-0.15, -0.1) is 0 Å². The van der Waals surface area contributed by atoms with Crippen molar-refractivity contribution in [3.8, 4) is 0 Å². The summed E-state index contributed by atoms with van der Waals surface area (Å²) in [6.45, 7) is 14.8. The molecule has 18 heavy (non-hydrogen) atoms. The molecule has 0 atom stereocenters. The topological polar surface area (TPSA) is 19.0 Å². The van der Waals surface area contributed by atoms with E-state index in [-0.39, 0.29) is 0 Å². The molecule has 1 heterocycles. The predicted molar refractivity (Wildman–Crippen MR) is 80.5 cm³/mol. The number of rotatable bonds is 7. The van der Waals surface area contributed by atoms with Gasteiger partial charge in [0.1, 0.15) is 0 Å². The van der Waals surface area contributed by atoms with Crippen LogP contribution in [-0.2, 0) is 4.43 Å². The van der Waals surface area contributed by atoms with E-state index in [1.165, 1.54) is 45.4 Å². The van der Waals surface area contributed by atoms with Crippen LogP contribution in [0, 0.1) is 0 Å². The highest BCUT2D eigenvalue weighted by atomic mass is 28.4. The fraction of sp³-hybridized carbons (Fsp3) is 1.00. The van der Waals surface area contributed by atoms with Gasteiger partial charge in [-0.05, 0) is 34.1 Å². The van der Waals surface area contributed by atoms with Gasteiger partial charge in [0.15, 0.2) is 8.32 Å². The first-order valence-corrected chi connectivity index (χ1v) is 10.3. The third-order valence-electron chi connectivity index (χ3n) is 3.47. The van der Waals surface area contributed by atoms with E-state index in [1.807, 2.05) is 0 Å². The largest absolute Gasteiger partial charge is 0.416 e. The molecule has 0 spiro atoms. The van der Waals surface area contributed by atoms with Crippen molar-refractivity contribution in [3.63, 3.8) is 0 Å². The molecule has 0 aromatic heterocycles. The Morgan fingerprint density at radius 1 is 1.06 bits per heavy atom. The Morgan fingerprint density at radius 3 is 2.11 bits per heavy atom. The number of piperazine rings is 1. The summed E-state index contributed by atoms with van der Waals surface area (Å²) in [7, 11) is 2.84. The molecule has 0 saturated carbocycles. The van der Waals surface area contributed by atoms with Gasteiger partial charge in [0.2, 0.25) is 0 Å². The first kappa shape index (κ1) is 16.1. The second-order valence-corrected chi connectivity index (χ2v) is 10.2. The summed E-state index contributed by atoms with van der Waals surface area (Å²) < 4.78 is 5.91. The quantitative estimate of drug-likeness (QED) is 0.643. The molecular weight excluding hydrogens is 242 g/mol. The van der Waals surface area contributed by atoms with Crippen molar-refractivity contribution in [3.05, 3.63) is 0 Å². The van der Waals surface area contributed by atoms with Gasteiger partial charge in [-0.2, -0.15) is 0 Å². The molecule has 0 aromatic carbocycles. The summed E-state index contributed by atoms with van der Waals surface area (Å²) in [5, 5.41) is 0. The van der Waals surface area contributed by atoms with Crippen molar-refractivity contribution in [1.29, 1.82) is 0 Å². The molecular formula is C13H31N3OSi. The van der Waals surface area contributed by atoms with Crippen molar-refractivity contribution in [2.45, 2.75) is 20.0 Å². The van der Waals surface area contributed by atoms with E-state index in [2.05, 4.69) is 48.8 Å². The average Bonchev–Trinajstić information content (AvgIpc) is 2.27. The molecule has 0 bridgehead atoms. The minimum absolute atomic E-state index is 0.863. The molecule has 0 unspecified atom stereocenters. The maximum Gasteiger partial charge on any atom is 0.200 e. The maximum absolute atomic E-state index is 5.91. The van der Waals surface area contributed by atoms with Gasteiger partial charge < -0.3 is 14.2 Å². The van der Waals surface area contributed by atoms with Crippen molar-refractivity contribution in [1.82, 2.24) is 14.7 Å². The number of hydrogen-bond acceptors (Lipinski definition) is 4. The monoisotopic (exact) mass is 273 g/mol. The maximum atomic E-state index is 5.91. The summed E-state index contributed by atoms with van der Waals surface area (Å²) in [5.41, 5.74) is 0. The zero-order valence-electron chi connectivity index (χ0n) is 12.9. The molecule has 0 aliphatic carbocycles. The third-order valence-corrected chi connectivity index (χ3v) is 5.75. The summed E-state index contributed by atoms with van der Waals surface area (Å²) in [6.07, 6.45) is 1.18. The Labute approximate surface area is 114 Å². The molecule has 1 saturated heterocycles. The van der Waals surface area contributed by atoms with Crippen molar-refractivity contribution < 1.29 is 4.43 Å². The highest BCUT2D eigenvalue weighted by molar-refractivity contribution is 6.71. The Bertz CT molecular complexity index is 228.